The van der Waals surface area contributed by atoms with Gasteiger partial charge < -0.3 is 5.21 Å². The van der Waals surface area contributed by atoms with Crippen molar-refractivity contribution in [1.29, 1.82) is 0 Å². The van der Waals surface area contributed by atoms with Gasteiger partial charge in [0.2, 0.25) is 0 Å². The molecule has 1 heterocycles. The van der Waals surface area contributed by atoms with Crippen LogP contribution < -0.4 is 0 Å². The van der Waals surface area contributed by atoms with Crippen LogP contribution in [0.1, 0.15) is 5.56 Å². The topological polar surface area (TPSA) is 58.4 Å². The summed E-state index contributed by atoms with van der Waals surface area (Å²) in [7, 11) is 0. The minimum Gasteiger partial charge on any atom is -0.411 e. The summed E-state index contributed by atoms with van der Waals surface area (Å²) in [6.07, 6.45) is 2.90. The third kappa shape index (κ3) is 2.46. The van der Waals surface area contributed by atoms with E-state index < -0.39 is 0 Å². The minimum atomic E-state index is 0.169. The van der Waals surface area contributed by atoms with E-state index in [2.05, 4.69) is 15.1 Å². The van der Waals surface area contributed by atoms with Crippen LogP contribution in [0.15, 0.2) is 10.3 Å². The van der Waals surface area contributed by atoms with Crippen LogP contribution in [0.5, 0.6) is 0 Å². The third-order valence-electron chi connectivity index (χ3n) is 1.20. The van der Waals surface area contributed by atoms with Crippen LogP contribution in [-0.2, 0) is 0 Å². The molecule has 1 N–H and O–H groups in total. The van der Waals surface area contributed by atoms with Gasteiger partial charge in [-0.25, -0.2) is 9.97 Å². The van der Waals surface area contributed by atoms with Crippen LogP contribution in [0, 0.1) is 0 Å². The molecule has 4 nitrogen and oxygen atoms in total. The fraction of sp³-hybridized carbons (Fsp3) is 0.167. The van der Waals surface area contributed by atoms with Gasteiger partial charge in [-0.05, 0) is 6.26 Å². The lowest BCUT2D eigenvalue weighted by Crippen LogP contribution is -1.95. The molecule has 70 valence electrons. The van der Waals surface area contributed by atoms with Gasteiger partial charge in [-0.1, -0.05) is 40.1 Å². The highest BCUT2D eigenvalue weighted by Crippen LogP contribution is 2.22. The Balaban J connectivity index is 3.22. The van der Waals surface area contributed by atoms with Gasteiger partial charge in [0.25, 0.3) is 0 Å². The lowest BCUT2D eigenvalue weighted by molar-refractivity contribution is 0.322. The first-order valence-corrected chi connectivity index (χ1v) is 5.11. The molecule has 0 aliphatic carbocycles. The van der Waals surface area contributed by atoms with Crippen LogP contribution in [-0.4, -0.2) is 27.6 Å². The maximum Gasteiger partial charge on any atom is 0.190 e. The second-order valence-electron chi connectivity index (χ2n) is 1.95. The zero-order chi connectivity index (χ0) is 9.84. The predicted octanol–water partition coefficient (Wildman–Crippen LogP) is 2.31. The Morgan fingerprint density at radius 1 is 1.38 bits per heavy atom. The van der Waals surface area contributed by atoms with Crippen molar-refractivity contribution in [2.45, 2.75) is 5.16 Å². The zero-order valence-corrected chi connectivity index (χ0v) is 8.86. The van der Waals surface area contributed by atoms with Crippen LogP contribution in [0.3, 0.4) is 0 Å². The quantitative estimate of drug-likeness (QED) is 0.214. The van der Waals surface area contributed by atoms with Gasteiger partial charge in [-0.2, -0.15) is 0 Å². The summed E-state index contributed by atoms with van der Waals surface area (Å²) in [6.45, 7) is 0. The Kier molecular flexibility index (Phi) is 3.77. The molecule has 0 unspecified atom stereocenters. The number of hydrogen-bond donors (Lipinski definition) is 1. The summed E-state index contributed by atoms with van der Waals surface area (Å²) < 4.78 is 0. The molecule has 0 aliphatic rings. The molecule has 1 aromatic heterocycles. The summed E-state index contributed by atoms with van der Waals surface area (Å²) in [4.78, 5) is 7.80. The molecule has 0 amide bonds. The van der Waals surface area contributed by atoms with Crippen molar-refractivity contribution < 1.29 is 5.21 Å². The van der Waals surface area contributed by atoms with Crippen LogP contribution >= 0.6 is 35.0 Å². The maximum atomic E-state index is 8.29. The van der Waals surface area contributed by atoms with E-state index >= 15 is 0 Å². The van der Waals surface area contributed by atoms with E-state index in [0.29, 0.717) is 10.7 Å². The van der Waals surface area contributed by atoms with E-state index in [-0.39, 0.29) is 10.3 Å². The van der Waals surface area contributed by atoms with Crippen LogP contribution in [0.4, 0.5) is 0 Å². The highest BCUT2D eigenvalue weighted by Gasteiger charge is 2.08. The van der Waals surface area contributed by atoms with Gasteiger partial charge in [0.05, 0.1) is 11.8 Å². The lowest BCUT2D eigenvalue weighted by atomic mass is 10.4. The van der Waals surface area contributed by atoms with Crippen LogP contribution in [0.2, 0.25) is 10.3 Å². The van der Waals surface area contributed by atoms with E-state index in [0.717, 1.165) is 6.21 Å². The Morgan fingerprint density at radius 2 is 1.92 bits per heavy atom. The summed E-state index contributed by atoms with van der Waals surface area (Å²) in [5, 5.41) is 11.9. The molecular weight excluding hydrogens is 233 g/mol. The first-order chi connectivity index (χ1) is 6.19. The fourth-order valence-electron chi connectivity index (χ4n) is 0.654. The minimum absolute atomic E-state index is 0.169. The van der Waals surface area contributed by atoms with E-state index in [1.54, 1.807) is 0 Å². The molecule has 0 fully saturated rings. The monoisotopic (exact) mass is 237 g/mol. The molecule has 0 bridgehead atoms. The summed E-state index contributed by atoms with van der Waals surface area (Å²) in [5.41, 5.74) is 0.309. The summed E-state index contributed by atoms with van der Waals surface area (Å²) >= 11 is 12.8. The number of halogens is 2. The normalized spacial score (nSPS) is 11.0. The first-order valence-electron chi connectivity index (χ1n) is 3.13. The number of nitrogens with zero attached hydrogens (tertiary/aromatic N) is 3. The van der Waals surface area contributed by atoms with Gasteiger partial charge in [0.1, 0.15) is 10.3 Å². The standard InChI is InChI=1S/C6H5Cl2N3OS/c1-13-6-10-4(7)3(2-9-12)5(8)11-6/h2,12H,1H3. The number of aromatic nitrogens is 2. The second kappa shape index (κ2) is 4.64. The molecule has 0 spiro atoms. The summed E-state index contributed by atoms with van der Waals surface area (Å²) in [6, 6.07) is 0. The Bertz CT molecular complexity index is 322. The van der Waals surface area contributed by atoms with E-state index in [1.807, 2.05) is 6.26 Å². The number of hydrogen-bond acceptors (Lipinski definition) is 5. The van der Waals surface area contributed by atoms with Gasteiger partial charge in [-0.3, -0.25) is 0 Å². The highest BCUT2D eigenvalue weighted by molar-refractivity contribution is 7.98. The zero-order valence-electron chi connectivity index (χ0n) is 6.53. The van der Waals surface area contributed by atoms with E-state index in [1.165, 1.54) is 11.8 Å². The number of thioether (sulfide) groups is 1. The predicted molar refractivity (Wildman–Crippen MR) is 53.2 cm³/mol. The average Bonchev–Trinajstić information content (AvgIpc) is 2.11. The van der Waals surface area contributed by atoms with Crippen molar-refractivity contribution in [3.05, 3.63) is 15.9 Å². The highest BCUT2D eigenvalue weighted by atomic mass is 35.5. The Labute approximate surface area is 89.0 Å². The number of rotatable bonds is 2. The summed E-state index contributed by atoms with van der Waals surface area (Å²) in [5.74, 6) is 0. The molecule has 0 saturated carbocycles. The number of oxime groups is 1. The van der Waals surface area contributed by atoms with Gasteiger partial charge in [0, 0.05) is 0 Å². The van der Waals surface area contributed by atoms with Gasteiger partial charge in [0.15, 0.2) is 5.16 Å². The largest absolute Gasteiger partial charge is 0.411 e. The molecule has 0 atom stereocenters. The maximum absolute atomic E-state index is 8.29. The Hall–Kier alpha value is -0.520. The molecular formula is C6H5Cl2N3OS. The molecule has 1 rings (SSSR count). The van der Waals surface area contributed by atoms with Gasteiger partial charge >= 0.3 is 0 Å². The lowest BCUT2D eigenvalue weighted by Gasteiger charge is -2.00. The average molecular weight is 238 g/mol. The smallest absolute Gasteiger partial charge is 0.190 e. The van der Waals surface area contributed by atoms with Crippen molar-refractivity contribution in [3.8, 4) is 0 Å². The van der Waals surface area contributed by atoms with Crippen molar-refractivity contribution in [2.75, 3.05) is 6.26 Å². The van der Waals surface area contributed by atoms with E-state index in [4.69, 9.17) is 28.4 Å². The third-order valence-corrected chi connectivity index (χ3v) is 2.33. The first kappa shape index (κ1) is 10.6. The van der Waals surface area contributed by atoms with Crippen molar-refractivity contribution in [3.63, 3.8) is 0 Å². The fourth-order valence-corrected chi connectivity index (χ4v) is 1.60. The molecule has 0 saturated heterocycles. The SMILES string of the molecule is CSc1nc(Cl)c(C=NO)c(Cl)n1. The van der Waals surface area contributed by atoms with Gasteiger partial charge in [-0.15, -0.1) is 0 Å². The van der Waals surface area contributed by atoms with Crippen molar-refractivity contribution in [2.24, 2.45) is 5.16 Å². The molecule has 13 heavy (non-hydrogen) atoms. The molecule has 0 radical (unpaired) electrons. The second-order valence-corrected chi connectivity index (χ2v) is 3.44. The molecule has 0 aromatic carbocycles. The van der Waals surface area contributed by atoms with E-state index in [9.17, 15) is 0 Å². The molecule has 0 aliphatic heterocycles. The Morgan fingerprint density at radius 3 is 2.31 bits per heavy atom. The molecule has 7 heteroatoms. The van der Waals surface area contributed by atoms with Crippen molar-refractivity contribution >= 4 is 41.2 Å². The molecule has 1 aromatic rings. The van der Waals surface area contributed by atoms with Crippen LogP contribution in [0.25, 0.3) is 0 Å². The van der Waals surface area contributed by atoms with Crippen molar-refractivity contribution in [1.82, 2.24) is 9.97 Å².